The topological polar surface area (TPSA) is 122 Å². The number of carbonyl (C=O) groups is 2. The Bertz CT molecular complexity index is 1660. The maximum Gasteiger partial charge on any atom is 0.256 e. The highest BCUT2D eigenvalue weighted by Gasteiger charge is 2.32. The number of piperidine rings is 1. The highest BCUT2D eigenvalue weighted by molar-refractivity contribution is 6.04. The van der Waals surface area contributed by atoms with Crippen LogP contribution in [-0.4, -0.2) is 68.2 Å². The van der Waals surface area contributed by atoms with Gasteiger partial charge >= 0.3 is 0 Å². The van der Waals surface area contributed by atoms with Gasteiger partial charge in [-0.3, -0.25) is 14.0 Å². The fraction of sp³-hybridized carbons (Fsp3) is 0.364. The van der Waals surface area contributed by atoms with Gasteiger partial charge in [-0.1, -0.05) is 25.5 Å². The van der Waals surface area contributed by atoms with E-state index < -0.39 is 0 Å². The van der Waals surface area contributed by atoms with Crippen LogP contribution >= 0.6 is 0 Å². The summed E-state index contributed by atoms with van der Waals surface area (Å²) in [6.45, 7) is 5.43. The Morgan fingerprint density at radius 1 is 1.14 bits per heavy atom. The molecule has 1 atom stereocenters. The molecule has 5 rings (SSSR count). The number of aryl methyl sites for hydroxylation is 2. The lowest BCUT2D eigenvalue weighted by Crippen LogP contribution is -2.38. The van der Waals surface area contributed by atoms with Crippen molar-refractivity contribution in [3.63, 3.8) is 0 Å². The number of nitrogens with zero attached hydrogens (tertiary/aromatic N) is 6. The second-order valence-corrected chi connectivity index (χ2v) is 11.3. The lowest BCUT2D eigenvalue weighted by molar-refractivity contribution is -0.130. The molecular formula is C33H40N8O2. The Balaban J connectivity index is 1.47. The SMILES string of the molecule is CCCc1ccnc(NC(=O)c2ccc(-c3nc([C@@H]4CCCCN4C(=O)/C=C/CN(C)C)n4ccnc(N)c34)c(C)c2)c1. The third-order valence-electron chi connectivity index (χ3n) is 7.77. The summed E-state index contributed by atoms with van der Waals surface area (Å²) in [5.74, 6) is 1.39. The van der Waals surface area contributed by atoms with Gasteiger partial charge in [0, 0.05) is 48.9 Å². The van der Waals surface area contributed by atoms with Crippen molar-refractivity contribution in [2.75, 3.05) is 38.2 Å². The van der Waals surface area contributed by atoms with Crippen molar-refractivity contribution in [1.82, 2.24) is 29.2 Å². The maximum absolute atomic E-state index is 13.3. The van der Waals surface area contributed by atoms with E-state index in [0.717, 1.165) is 54.6 Å². The summed E-state index contributed by atoms with van der Waals surface area (Å²) < 4.78 is 1.96. The highest BCUT2D eigenvalue weighted by Crippen LogP contribution is 2.37. The van der Waals surface area contributed by atoms with Crippen molar-refractivity contribution in [3.05, 3.63) is 83.6 Å². The number of imidazole rings is 1. The average molecular weight is 581 g/mol. The molecule has 3 aromatic heterocycles. The van der Waals surface area contributed by atoms with E-state index in [-0.39, 0.29) is 17.9 Å². The molecule has 4 heterocycles. The van der Waals surface area contributed by atoms with Crippen LogP contribution < -0.4 is 11.1 Å². The van der Waals surface area contributed by atoms with E-state index in [2.05, 4.69) is 22.2 Å². The first-order valence-electron chi connectivity index (χ1n) is 14.9. The third kappa shape index (κ3) is 6.59. The maximum atomic E-state index is 13.3. The zero-order valence-corrected chi connectivity index (χ0v) is 25.4. The predicted octanol–water partition coefficient (Wildman–Crippen LogP) is 5.06. The number of nitrogens with two attached hydrogens (primary N) is 1. The molecule has 1 aromatic carbocycles. The summed E-state index contributed by atoms with van der Waals surface area (Å²) >= 11 is 0. The number of hydrogen-bond acceptors (Lipinski definition) is 7. The number of fused-ring (bicyclic) bond motifs is 1. The molecule has 3 N–H and O–H groups in total. The van der Waals surface area contributed by atoms with Crippen LogP contribution in [0.4, 0.5) is 11.6 Å². The number of rotatable bonds is 9. The normalized spacial score (nSPS) is 15.5. The van der Waals surface area contributed by atoms with Gasteiger partial charge in [0.25, 0.3) is 5.91 Å². The second kappa shape index (κ2) is 13.2. The molecule has 1 fully saturated rings. The Kier molecular flexibility index (Phi) is 9.16. The van der Waals surface area contributed by atoms with Crippen LogP contribution in [0.5, 0.6) is 0 Å². The van der Waals surface area contributed by atoms with Gasteiger partial charge in [0.1, 0.15) is 28.7 Å². The standard InChI is InChI=1S/C33H40N8O2/c1-5-9-23-14-15-35-27(21-23)37-33(43)24-12-13-25(22(2)20-24)29-30-31(34)36-16-19-41(30)32(38-29)26-10-6-7-18-40(26)28(42)11-8-17-39(3)4/h8,11-16,19-21,26H,5-7,9-10,17-18H2,1-4H3,(H2,34,36)(H,35,37,43)/b11-8+/t26-/m0/s1. The van der Waals surface area contributed by atoms with Crippen molar-refractivity contribution in [3.8, 4) is 11.3 Å². The van der Waals surface area contributed by atoms with Crippen LogP contribution in [0.15, 0.2) is 61.1 Å². The highest BCUT2D eigenvalue weighted by atomic mass is 16.2. The molecule has 0 radical (unpaired) electrons. The molecule has 0 bridgehead atoms. The number of pyridine rings is 1. The summed E-state index contributed by atoms with van der Waals surface area (Å²) in [6, 6.07) is 9.22. The van der Waals surface area contributed by atoms with Gasteiger partial charge in [0.05, 0.1) is 6.04 Å². The number of nitrogen functional groups attached to an aromatic ring is 1. The van der Waals surface area contributed by atoms with Crippen molar-refractivity contribution in [2.45, 2.75) is 52.0 Å². The molecular weight excluding hydrogens is 540 g/mol. The van der Waals surface area contributed by atoms with Crippen LogP contribution in [0.25, 0.3) is 16.8 Å². The van der Waals surface area contributed by atoms with Crippen LogP contribution in [0.1, 0.15) is 66.0 Å². The summed E-state index contributed by atoms with van der Waals surface area (Å²) in [7, 11) is 3.94. The van der Waals surface area contributed by atoms with Gasteiger partial charge in [-0.15, -0.1) is 0 Å². The lowest BCUT2D eigenvalue weighted by Gasteiger charge is -2.34. The fourth-order valence-electron chi connectivity index (χ4n) is 5.68. The van der Waals surface area contributed by atoms with Crippen LogP contribution in [0.3, 0.4) is 0 Å². The quantitative estimate of drug-likeness (QED) is 0.266. The smallest absolute Gasteiger partial charge is 0.256 e. The largest absolute Gasteiger partial charge is 0.382 e. The second-order valence-electron chi connectivity index (χ2n) is 11.3. The monoisotopic (exact) mass is 580 g/mol. The number of carbonyl (C=O) groups excluding carboxylic acids is 2. The van der Waals surface area contributed by atoms with Crippen LogP contribution in [0.2, 0.25) is 0 Å². The van der Waals surface area contributed by atoms with Gasteiger partial charge in [-0.05, 0) is 82.1 Å². The zero-order valence-electron chi connectivity index (χ0n) is 25.4. The van der Waals surface area contributed by atoms with Gasteiger partial charge in [-0.25, -0.2) is 15.0 Å². The summed E-state index contributed by atoms with van der Waals surface area (Å²) in [6.07, 6.45) is 13.5. The molecule has 2 amide bonds. The molecule has 1 aliphatic heterocycles. The van der Waals surface area contributed by atoms with E-state index in [1.165, 1.54) is 0 Å². The number of benzene rings is 1. The van der Waals surface area contributed by atoms with Gasteiger partial charge in [-0.2, -0.15) is 0 Å². The molecule has 1 saturated heterocycles. The molecule has 10 heteroatoms. The van der Waals surface area contributed by atoms with Crippen LogP contribution in [-0.2, 0) is 11.2 Å². The Morgan fingerprint density at radius 2 is 1.98 bits per heavy atom. The third-order valence-corrected chi connectivity index (χ3v) is 7.77. The number of anilines is 2. The van der Waals surface area contributed by atoms with Crippen molar-refractivity contribution in [2.24, 2.45) is 0 Å². The first-order chi connectivity index (χ1) is 20.8. The van der Waals surface area contributed by atoms with Crippen LogP contribution in [0, 0.1) is 6.92 Å². The van der Waals surface area contributed by atoms with Crippen molar-refractivity contribution < 1.29 is 9.59 Å². The molecule has 4 aromatic rings. The van der Waals surface area contributed by atoms with E-state index in [0.29, 0.717) is 41.5 Å². The molecule has 224 valence electrons. The van der Waals surface area contributed by atoms with Gasteiger partial charge < -0.3 is 20.9 Å². The summed E-state index contributed by atoms with van der Waals surface area (Å²) in [5.41, 5.74) is 11.2. The molecule has 10 nitrogen and oxygen atoms in total. The minimum atomic E-state index is -0.231. The van der Waals surface area contributed by atoms with Gasteiger partial charge in [0.2, 0.25) is 5.91 Å². The number of hydrogen-bond donors (Lipinski definition) is 2. The van der Waals surface area contributed by atoms with Crippen molar-refractivity contribution in [1.29, 1.82) is 0 Å². The number of amides is 2. The van der Waals surface area contributed by atoms with E-state index in [1.807, 2.05) is 71.8 Å². The molecule has 0 unspecified atom stereocenters. The van der Waals surface area contributed by atoms with E-state index >= 15 is 0 Å². The number of aromatic nitrogens is 4. The Hall–Kier alpha value is -4.57. The number of likely N-dealkylation sites (N-methyl/N-ethyl adjacent to an activating group) is 1. The Morgan fingerprint density at radius 3 is 2.74 bits per heavy atom. The minimum absolute atomic E-state index is 0.0202. The molecule has 0 saturated carbocycles. The zero-order chi connectivity index (χ0) is 30.5. The molecule has 1 aliphatic rings. The Labute approximate surface area is 252 Å². The molecule has 0 spiro atoms. The van der Waals surface area contributed by atoms with E-state index in [9.17, 15) is 9.59 Å². The first-order valence-corrected chi connectivity index (χ1v) is 14.9. The summed E-state index contributed by atoms with van der Waals surface area (Å²) in [4.78, 5) is 44.1. The minimum Gasteiger partial charge on any atom is -0.382 e. The predicted molar refractivity (Wildman–Crippen MR) is 170 cm³/mol. The van der Waals surface area contributed by atoms with E-state index in [1.54, 1.807) is 24.5 Å². The molecule has 0 aliphatic carbocycles. The van der Waals surface area contributed by atoms with Crippen molar-refractivity contribution >= 4 is 29.0 Å². The number of likely N-dealkylation sites (tertiary alicyclic amines) is 1. The molecule has 43 heavy (non-hydrogen) atoms. The lowest BCUT2D eigenvalue weighted by atomic mass is 10.0. The first kappa shape index (κ1) is 29.9. The number of nitrogens with one attached hydrogen (secondary N) is 1. The van der Waals surface area contributed by atoms with Gasteiger partial charge in [0.15, 0.2) is 0 Å². The fourth-order valence-corrected chi connectivity index (χ4v) is 5.68. The van der Waals surface area contributed by atoms with E-state index in [4.69, 9.17) is 10.7 Å². The summed E-state index contributed by atoms with van der Waals surface area (Å²) in [5, 5.41) is 2.92. The average Bonchev–Trinajstić information content (AvgIpc) is 3.38.